The van der Waals surface area contributed by atoms with E-state index in [1.165, 1.54) is 5.69 Å². The molecule has 0 unspecified atom stereocenters. The first-order valence-corrected chi connectivity index (χ1v) is 8.51. The van der Waals surface area contributed by atoms with E-state index in [9.17, 15) is 4.79 Å². The molecule has 0 aliphatic carbocycles. The maximum absolute atomic E-state index is 12.0. The summed E-state index contributed by atoms with van der Waals surface area (Å²) in [6.45, 7) is 2.31. The van der Waals surface area contributed by atoms with Crippen LogP contribution in [0.25, 0.3) is 0 Å². The van der Waals surface area contributed by atoms with Crippen molar-refractivity contribution in [2.24, 2.45) is 5.92 Å². The van der Waals surface area contributed by atoms with Gasteiger partial charge in [0.05, 0.1) is 0 Å². The highest BCUT2D eigenvalue weighted by atomic mass is 16.5. The zero-order valence-electron chi connectivity index (χ0n) is 13.9. The lowest BCUT2D eigenvalue weighted by atomic mass is 9.93. The van der Waals surface area contributed by atoms with Crippen LogP contribution in [0.15, 0.2) is 54.6 Å². The van der Waals surface area contributed by atoms with Crippen molar-refractivity contribution in [3.8, 4) is 0 Å². The van der Waals surface area contributed by atoms with Crippen molar-refractivity contribution >= 4 is 17.3 Å². The Hall–Kier alpha value is -2.49. The van der Waals surface area contributed by atoms with E-state index in [4.69, 9.17) is 10.5 Å². The van der Waals surface area contributed by atoms with E-state index in [2.05, 4.69) is 17.0 Å². The van der Waals surface area contributed by atoms with Gasteiger partial charge in [-0.3, -0.25) is 4.79 Å². The maximum Gasteiger partial charge on any atom is 0.306 e. The van der Waals surface area contributed by atoms with Crippen molar-refractivity contribution in [2.75, 3.05) is 23.7 Å². The summed E-state index contributed by atoms with van der Waals surface area (Å²) < 4.78 is 5.39. The van der Waals surface area contributed by atoms with E-state index in [0.29, 0.717) is 18.9 Å². The number of carbonyl (C=O) groups excluding carboxylic acids is 1. The molecule has 1 saturated heterocycles. The van der Waals surface area contributed by atoms with Gasteiger partial charge in [-0.15, -0.1) is 0 Å². The van der Waals surface area contributed by atoms with Crippen molar-refractivity contribution in [3.05, 3.63) is 60.2 Å². The van der Waals surface area contributed by atoms with Crippen LogP contribution in [0, 0.1) is 5.92 Å². The minimum Gasteiger partial charge on any atom is -0.461 e. The quantitative estimate of drug-likeness (QED) is 0.674. The summed E-state index contributed by atoms with van der Waals surface area (Å²) in [6.07, 6.45) is 2.55. The number of anilines is 2. The highest BCUT2D eigenvalue weighted by molar-refractivity contribution is 5.69. The molecule has 4 heteroatoms. The predicted octanol–water partition coefficient (Wildman–Crippen LogP) is 3.62. The Morgan fingerprint density at radius 1 is 1.04 bits per heavy atom. The largest absolute Gasteiger partial charge is 0.461 e. The first kappa shape index (κ1) is 16.4. The fourth-order valence-electron chi connectivity index (χ4n) is 3.11. The second-order valence-corrected chi connectivity index (χ2v) is 6.37. The van der Waals surface area contributed by atoms with Crippen LogP contribution in [0.5, 0.6) is 0 Å². The van der Waals surface area contributed by atoms with Crippen molar-refractivity contribution < 1.29 is 9.53 Å². The van der Waals surface area contributed by atoms with E-state index < -0.39 is 0 Å². The predicted molar refractivity (Wildman–Crippen MR) is 96.6 cm³/mol. The van der Waals surface area contributed by atoms with Crippen LogP contribution in [-0.4, -0.2) is 19.1 Å². The lowest BCUT2D eigenvalue weighted by molar-refractivity contribution is -0.146. The van der Waals surface area contributed by atoms with Crippen molar-refractivity contribution in [1.29, 1.82) is 0 Å². The minimum absolute atomic E-state index is 0.0928. The molecular weight excluding hydrogens is 300 g/mol. The van der Waals surface area contributed by atoms with Gasteiger partial charge in [-0.1, -0.05) is 30.3 Å². The van der Waals surface area contributed by atoms with Gasteiger partial charge in [0.2, 0.25) is 0 Å². The fraction of sp³-hybridized carbons (Fsp3) is 0.350. The molecule has 4 nitrogen and oxygen atoms in total. The number of rotatable bonds is 5. The average Bonchev–Trinajstić information content (AvgIpc) is 2.62. The van der Waals surface area contributed by atoms with E-state index in [-0.39, 0.29) is 5.97 Å². The van der Waals surface area contributed by atoms with E-state index >= 15 is 0 Å². The minimum atomic E-state index is -0.0928. The Bertz CT molecular complexity index is 647. The third-order valence-electron chi connectivity index (χ3n) is 4.57. The van der Waals surface area contributed by atoms with Gasteiger partial charge in [0.1, 0.15) is 6.61 Å². The van der Waals surface area contributed by atoms with E-state index in [0.717, 1.165) is 37.2 Å². The van der Waals surface area contributed by atoms with Gasteiger partial charge >= 0.3 is 5.97 Å². The summed E-state index contributed by atoms with van der Waals surface area (Å²) in [5.74, 6) is 0.322. The van der Waals surface area contributed by atoms with Crippen LogP contribution < -0.4 is 10.6 Å². The van der Waals surface area contributed by atoms with Crippen LogP contribution >= 0.6 is 0 Å². The number of nitrogens with two attached hydrogens (primary N) is 1. The molecule has 2 aromatic carbocycles. The Morgan fingerprint density at radius 2 is 1.71 bits per heavy atom. The summed E-state index contributed by atoms with van der Waals surface area (Å²) >= 11 is 0. The average molecular weight is 324 g/mol. The number of benzene rings is 2. The number of hydrogen-bond donors (Lipinski definition) is 1. The number of nitrogens with zero attached hydrogens (tertiary/aromatic N) is 1. The first-order chi connectivity index (χ1) is 11.7. The Kier molecular flexibility index (Phi) is 5.36. The van der Waals surface area contributed by atoms with E-state index in [1.807, 2.05) is 42.5 Å². The summed E-state index contributed by atoms with van der Waals surface area (Å²) in [6, 6.07) is 17.8. The summed E-state index contributed by atoms with van der Waals surface area (Å²) in [7, 11) is 0. The molecule has 0 radical (unpaired) electrons. The molecular formula is C20H24N2O2. The molecule has 1 fully saturated rings. The van der Waals surface area contributed by atoms with E-state index in [1.54, 1.807) is 0 Å². The molecule has 1 aliphatic heterocycles. The topological polar surface area (TPSA) is 55.6 Å². The van der Waals surface area contributed by atoms with Gasteiger partial charge < -0.3 is 15.4 Å². The lowest BCUT2D eigenvalue weighted by Crippen LogP contribution is -2.34. The molecule has 0 amide bonds. The van der Waals surface area contributed by atoms with Crippen LogP contribution in [0.1, 0.15) is 24.8 Å². The zero-order valence-corrected chi connectivity index (χ0v) is 13.9. The molecule has 0 spiro atoms. The van der Waals surface area contributed by atoms with Gasteiger partial charge in [0.25, 0.3) is 0 Å². The smallest absolute Gasteiger partial charge is 0.306 e. The number of ether oxygens (including phenoxy) is 1. The third kappa shape index (κ3) is 4.51. The van der Waals surface area contributed by atoms with Crippen molar-refractivity contribution in [2.45, 2.75) is 25.9 Å². The molecule has 24 heavy (non-hydrogen) atoms. The summed E-state index contributed by atoms with van der Waals surface area (Å²) in [4.78, 5) is 14.4. The number of esters is 1. The van der Waals surface area contributed by atoms with Gasteiger partial charge in [0.15, 0.2) is 0 Å². The van der Waals surface area contributed by atoms with Gasteiger partial charge in [-0.2, -0.15) is 0 Å². The Morgan fingerprint density at radius 3 is 2.38 bits per heavy atom. The molecule has 0 aromatic heterocycles. The fourth-order valence-corrected chi connectivity index (χ4v) is 3.11. The van der Waals surface area contributed by atoms with Crippen molar-refractivity contribution in [1.82, 2.24) is 0 Å². The molecule has 2 N–H and O–H groups in total. The maximum atomic E-state index is 12.0. The number of piperidine rings is 1. The first-order valence-electron chi connectivity index (χ1n) is 8.51. The Balaban J connectivity index is 1.41. The standard InChI is InChI=1S/C20H24N2O2/c21-18-6-8-19(9-7-18)22-12-10-16(11-13-22)14-20(23)24-15-17-4-2-1-3-5-17/h1-9,16H,10-15,21H2. The lowest BCUT2D eigenvalue weighted by Gasteiger charge is -2.33. The number of carbonyl (C=O) groups is 1. The highest BCUT2D eigenvalue weighted by Crippen LogP contribution is 2.26. The van der Waals surface area contributed by atoms with Gasteiger partial charge in [0, 0.05) is 30.9 Å². The molecule has 126 valence electrons. The second kappa shape index (κ2) is 7.86. The molecule has 2 aromatic rings. The number of hydrogen-bond acceptors (Lipinski definition) is 4. The van der Waals surface area contributed by atoms with Crippen LogP contribution in [0.4, 0.5) is 11.4 Å². The molecule has 3 rings (SSSR count). The number of nitrogen functional groups attached to an aromatic ring is 1. The normalized spacial score (nSPS) is 15.2. The summed E-state index contributed by atoms with van der Waals surface area (Å²) in [5, 5.41) is 0. The third-order valence-corrected chi connectivity index (χ3v) is 4.57. The zero-order chi connectivity index (χ0) is 16.8. The van der Waals surface area contributed by atoms with Crippen molar-refractivity contribution in [3.63, 3.8) is 0 Å². The molecule has 1 heterocycles. The monoisotopic (exact) mass is 324 g/mol. The molecule has 1 aliphatic rings. The van der Waals surface area contributed by atoms with Gasteiger partial charge in [-0.05, 0) is 48.6 Å². The van der Waals surface area contributed by atoms with Crippen LogP contribution in [0.2, 0.25) is 0 Å². The summed E-state index contributed by atoms with van der Waals surface area (Å²) in [5.41, 5.74) is 8.76. The second-order valence-electron chi connectivity index (χ2n) is 6.37. The SMILES string of the molecule is Nc1ccc(N2CCC(CC(=O)OCc3ccccc3)CC2)cc1. The highest BCUT2D eigenvalue weighted by Gasteiger charge is 2.22. The molecule has 0 saturated carbocycles. The van der Waals surface area contributed by atoms with Gasteiger partial charge in [-0.25, -0.2) is 0 Å². The Labute approximate surface area is 143 Å². The van der Waals surface area contributed by atoms with Crippen LogP contribution in [-0.2, 0) is 16.1 Å². The van der Waals surface area contributed by atoms with Crippen LogP contribution in [0.3, 0.4) is 0 Å². The molecule has 0 atom stereocenters. The molecule has 0 bridgehead atoms.